The SMILES string of the molecule is Cc1cc(-c2ccc(C)c(S(=O)(=O)CCC(=O)Nc3ccccc3C)c2)on1. The van der Waals surface area contributed by atoms with Crippen molar-refractivity contribution in [2.75, 3.05) is 11.1 Å². The molecule has 0 aliphatic rings. The first-order chi connectivity index (χ1) is 13.3. The number of rotatable bonds is 6. The summed E-state index contributed by atoms with van der Waals surface area (Å²) in [5, 5.41) is 6.60. The predicted molar refractivity (Wildman–Crippen MR) is 108 cm³/mol. The average Bonchev–Trinajstić information content (AvgIpc) is 3.09. The summed E-state index contributed by atoms with van der Waals surface area (Å²) in [7, 11) is -3.64. The summed E-state index contributed by atoms with van der Waals surface area (Å²) in [5.74, 6) is -0.103. The Morgan fingerprint density at radius 2 is 1.79 bits per heavy atom. The summed E-state index contributed by atoms with van der Waals surface area (Å²) >= 11 is 0. The van der Waals surface area contributed by atoms with Crippen LogP contribution in [0, 0.1) is 20.8 Å². The molecule has 28 heavy (non-hydrogen) atoms. The molecule has 0 spiro atoms. The molecule has 3 aromatic rings. The van der Waals surface area contributed by atoms with Gasteiger partial charge in [0.15, 0.2) is 15.6 Å². The van der Waals surface area contributed by atoms with E-state index in [1.807, 2.05) is 25.1 Å². The summed E-state index contributed by atoms with van der Waals surface area (Å²) in [5.41, 5.74) is 3.58. The molecule has 0 unspecified atom stereocenters. The van der Waals surface area contributed by atoms with Crippen molar-refractivity contribution >= 4 is 21.4 Å². The highest BCUT2D eigenvalue weighted by Gasteiger charge is 2.20. The van der Waals surface area contributed by atoms with Crippen molar-refractivity contribution in [1.29, 1.82) is 0 Å². The van der Waals surface area contributed by atoms with Gasteiger partial charge in [0.25, 0.3) is 0 Å². The molecular formula is C21H22N2O4S. The van der Waals surface area contributed by atoms with Crippen LogP contribution in [0.5, 0.6) is 0 Å². The largest absolute Gasteiger partial charge is 0.356 e. The summed E-state index contributed by atoms with van der Waals surface area (Å²) in [6, 6.07) is 14.2. The lowest BCUT2D eigenvalue weighted by Gasteiger charge is -2.10. The summed E-state index contributed by atoms with van der Waals surface area (Å²) in [4.78, 5) is 12.4. The van der Waals surface area contributed by atoms with Crippen LogP contribution in [0.1, 0.15) is 23.2 Å². The normalized spacial score (nSPS) is 11.4. The first kappa shape index (κ1) is 19.8. The van der Waals surface area contributed by atoms with Gasteiger partial charge in [0, 0.05) is 23.7 Å². The Bertz CT molecular complexity index is 1120. The van der Waals surface area contributed by atoms with Gasteiger partial charge < -0.3 is 9.84 Å². The van der Waals surface area contributed by atoms with Crippen molar-refractivity contribution in [3.8, 4) is 11.3 Å². The molecule has 0 atom stereocenters. The van der Waals surface area contributed by atoms with Gasteiger partial charge in [0.1, 0.15) is 0 Å². The molecule has 0 saturated carbocycles. The number of nitrogens with one attached hydrogen (secondary N) is 1. The lowest BCUT2D eigenvalue weighted by Crippen LogP contribution is -2.18. The minimum Gasteiger partial charge on any atom is -0.356 e. The number of carbonyl (C=O) groups is 1. The number of sulfone groups is 1. The fourth-order valence-electron chi connectivity index (χ4n) is 2.85. The Balaban J connectivity index is 1.75. The highest BCUT2D eigenvalue weighted by molar-refractivity contribution is 7.91. The van der Waals surface area contributed by atoms with Gasteiger partial charge in [-0.1, -0.05) is 35.5 Å². The van der Waals surface area contributed by atoms with Crippen LogP contribution in [0.4, 0.5) is 5.69 Å². The van der Waals surface area contributed by atoms with Gasteiger partial charge >= 0.3 is 0 Å². The van der Waals surface area contributed by atoms with E-state index in [0.717, 1.165) is 5.56 Å². The minimum absolute atomic E-state index is 0.123. The molecule has 1 amide bonds. The highest BCUT2D eigenvalue weighted by Crippen LogP contribution is 2.26. The fourth-order valence-corrected chi connectivity index (χ4v) is 4.39. The molecule has 0 aliphatic heterocycles. The topological polar surface area (TPSA) is 89.3 Å². The van der Waals surface area contributed by atoms with Gasteiger partial charge in [-0.05, 0) is 44.0 Å². The minimum atomic E-state index is -3.64. The smallest absolute Gasteiger partial charge is 0.225 e. The maximum atomic E-state index is 12.8. The molecule has 7 heteroatoms. The molecule has 146 valence electrons. The molecule has 6 nitrogen and oxygen atoms in total. The zero-order valence-corrected chi connectivity index (χ0v) is 16.8. The van der Waals surface area contributed by atoms with Crippen LogP contribution in [-0.4, -0.2) is 25.2 Å². The number of anilines is 1. The van der Waals surface area contributed by atoms with E-state index >= 15 is 0 Å². The van der Waals surface area contributed by atoms with Gasteiger partial charge in [-0.25, -0.2) is 8.42 Å². The Labute approximate surface area is 164 Å². The summed E-state index contributed by atoms with van der Waals surface area (Å²) < 4.78 is 30.9. The number of hydrogen-bond donors (Lipinski definition) is 1. The highest BCUT2D eigenvalue weighted by atomic mass is 32.2. The fraction of sp³-hybridized carbons (Fsp3) is 0.238. The summed E-state index contributed by atoms with van der Waals surface area (Å²) in [6.45, 7) is 5.41. The summed E-state index contributed by atoms with van der Waals surface area (Å²) in [6.07, 6.45) is -0.123. The van der Waals surface area contributed by atoms with Gasteiger partial charge in [0.2, 0.25) is 5.91 Å². The third-order valence-corrected chi connectivity index (χ3v) is 6.30. The number of carbonyl (C=O) groups excluding carboxylic acids is 1. The lowest BCUT2D eigenvalue weighted by atomic mass is 10.1. The molecule has 0 saturated heterocycles. The molecule has 0 aliphatic carbocycles. The van der Waals surface area contributed by atoms with E-state index in [9.17, 15) is 13.2 Å². The van der Waals surface area contributed by atoms with Crippen molar-refractivity contribution in [1.82, 2.24) is 5.16 Å². The van der Waals surface area contributed by atoms with Gasteiger partial charge in [0.05, 0.1) is 16.3 Å². The van der Waals surface area contributed by atoms with Crippen molar-refractivity contribution in [2.45, 2.75) is 32.1 Å². The van der Waals surface area contributed by atoms with E-state index in [0.29, 0.717) is 28.3 Å². The van der Waals surface area contributed by atoms with E-state index in [2.05, 4.69) is 10.5 Å². The standard InChI is InChI=1S/C21H22N2O4S/c1-14-6-4-5-7-18(14)22-21(24)10-11-28(25,26)20-13-17(9-8-15(20)2)19-12-16(3)23-27-19/h4-9,12-13H,10-11H2,1-3H3,(H,22,24). The molecule has 0 fully saturated rings. The number of hydrogen-bond acceptors (Lipinski definition) is 5. The molecule has 1 aromatic heterocycles. The maximum Gasteiger partial charge on any atom is 0.225 e. The Morgan fingerprint density at radius 3 is 2.46 bits per heavy atom. The van der Waals surface area contributed by atoms with Crippen LogP contribution in [-0.2, 0) is 14.6 Å². The van der Waals surface area contributed by atoms with Crippen molar-refractivity contribution in [3.05, 3.63) is 65.4 Å². The van der Waals surface area contributed by atoms with E-state index in [-0.39, 0.29) is 23.0 Å². The van der Waals surface area contributed by atoms with Crippen LogP contribution in [0.3, 0.4) is 0 Å². The van der Waals surface area contributed by atoms with Gasteiger partial charge in [-0.2, -0.15) is 0 Å². The third kappa shape index (κ3) is 4.48. The monoisotopic (exact) mass is 398 g/mol. The lowest BCUT2D eigenvalue weighted by molar-refractivity contribution is -0.115. The van der Waals surface area contributed by atoms with Crippen LogP contribution in [0.25, 0.3) is 11.3 Å². The number of benzene rings is 2. The zero-order chi connectivity index (χ0) is 20.3. The molecule has 1 heterocycles. The Kier molecular flexibility index (Phi) is 5.65. The van der Waals surface area contributed by atoms with Crippen LogP contribution >= 0.6 is 0 Å². The molecule has 0 radical (unpaired) electrons. The van der Waals surface area contributed by atoms with E-state index in [1.54, 1.807) is 44.2 Å². The second-order valence-electron chi connectivity index (χ2n) is 6.74. The number of aromatic nitrogens is 1. The second-order valence-corrected chi connectivity index (χ2v) is 8.82. The van der Waals surface area contributed by atoms with E-state index in [4.69, 9.17) is 4.52 Å². The zero-order valence-electron chi connectivity index (χ0n) is 16.0. The van der Waals surface area contributed by atoms with E-state index < -0.39 is 9.84 Å². The number of nitrogens with zero attached hydrogens (tertiary/aromatic N) is 1. The predicted octanol–water partition coefficient (Wildman–Crippen LogP) is 4.07. The molecule has 1 N–H and O–H groups in total. The van der Waals surface area contributed by atoms with Gasteiger partial charge in [-0.3, -0.25) is 4.79 Å². The second kappa shape index (κ2) is 7.98. The molecule has 2 aromatic carbocycles. The molecular weight excluding hydrogens is 376 g/mol. The number of aryl methyl sites for hydroxylation is 3. The Morgan fingerprint density at radius 1 is 1.04 bits per heavy atom. The van der Waals surface area contributed by atoms with Crippen LogP contribution in [0.2, 0.25) is 0 Å². The van der Waals surface area contributed by atoms with Crippen molar-refractivity contribution in [2.24, 2.45) is 0 Å². The van der Waals surface area contributed by atoms with E-state index in [1.165, 1.54) is 0 Å². The average molecular weight is 398 g/mol. The molecule has 3 rings (SSSR count). The Hall–Kier alpha value is -2.93. The van der Waals surface area contributed by atoms with Crippen molar-refractivity contribution < 1.29 is 17.7 Å². The third-order valence-electron chi connectivity index (χ3n) is 4.45. The molecule has 0 bridgehead atoms. The maximum absolute atomic E-state index is 12.8. The van der Waals surface area contributed by atoms with Crippen molar-refractivity contribution in [3.63, 3.8) is 0 Å². The quantitative estimate of drug-likeness (QED) is 0.676. The van der Waals surface area contributed by atoms with Crippen LogP contribution in [0.15, 0.2) is 57.9 Å². The van der Waals surface area contributed by atoms with Gasteiger partial charge in [-0.15, -0.1) is 0 Å². The van der Waals surface area contributed by atoms with Crippen LogP contribution < -0.4 is 5.32 Å². The number of amides is 1. The first-order valence-electron chi connectivity index (χ1n) is 8.89. The first-order valence-corrected chi connectivity index (χ1v) is 10.5. The number of para-hydroxylation sites is 1.